The lowest BCUT2D eigenvalue weighted by atomic mass is 10.2. The molecule has 0 aliphatic rings. The van der Waals surface area contributed by atoms with Crippen molar-refractivity contribution in [1.82, 2.24) is 19.3 Å². The molecule has 0 aliphatic carbocycles. The van der Waals surface area contributed by atoms with Gasteiger partial charge in [-0.3, -0.25) is 4.79 Å². The second-order valence-electron chi connectivity index (χ2n) is 5.86. The third kappa shape index (κ3) is 5.18. The van der Waals surface area contributed by atoms with E-state index in [0.29, 0.717) is 41.6 Å². The molecule has 0 unspecified atom stereocenters. The van der Waals surface area contributed by atoms with Crippen LogP contribution in [0, 0.1) is 6.92 Å². The molecule has 0 aliphatic heterocycles. The molecule has 0 spiro atoms. The van der Waals surface area contributed by atoms with Crippen LogP contribution < -0.4 is 21.1 Å². The third-order valence-corrected chi connectivity index (χ3v) is 4.49. The minimum atomic E-state index is -4.59. The Morgan fingerprint density at radius 1 is 1.20 bits per heavy atom. The van der Waals surface area contributed by atoms with Gasteiger partial charge in [0.2, 0.25) is 5.88 Å². The van der Waals surface area contributed by atoms with E-state index < -0.39 is 17.8 Å². The van der Waals surface area contributed by atoms with Crippen molar-refractivity contribution in [2.75, 3.05) is 23.8 Å². The Balaban J connectivity index is 1.72. The van der Waals surface area contributed by atoms with E-state index in [1.54, 1.807) is 19.1 Å². The lowest BCUT2D eigenvalue weighted by Gasteiger charge is -2.09. The van der Waals surface area contributed by atoms with Crippen molar-refractivity contribution >= 4 is 33.9 Å². The average molecular weight is 439 g/mol. The maximum absolute atomic E-state index is 12.7. The van der Waals surface area contributed by atoms with Crippen molar-refractivity contribution in [2.45, 2.75) is 13.1 Å². The number of anilines is 3. The number of amides is 1. The maximum atomic E-state index is 12.7. The number of nitrogens with two attached hydrogens (primary N) is 1. The summed E-state index contributed by atoms with van der Waals surface area (Å²) in [6.45, 7) is 2.31. The molecule has 0 atom stereocenters. The van der Waals surface area contributed by atoms with E-state index in [-0.39, 0.29) is 11.4 Å². The molecule has 9 nitrogen and oxygen atoms in total. The second-order valence-corrected chi connectivity index (χ2v) is 6.63. The molecular formula is C17H16F3N7O2S. The Labute approximate surface area is 172 Å². The van der Waals surface area contributed by atoms with E-state index >= 15 is 0 Å². The van der Waals surface area contributed by atoms with Gasteiger partial charge in [0.05, 0.1) is 35.5 Å². The molecule has 0 aromatic carbocycles. The Morgan fingerprint density at radius 2 is 2.00 bits per heavy atom. The van der Waals surface area contributed by atoms with Gasteiger partial charge in [-0.1, -0.05) is 0 Å². The molecule has 4 N–H and O–H groups in total. The smallest absolute Gasteiger partial charge is 0.434 e. The van der Waals surface area contributed by atoms with E-state index in [1.807, 2.05) is 0 Å². The van der Waals surface area contributed by atoms with Gasteiger partial charge in [-0.05, 0) is 24.5 Å². The first-order valence-corrected chi connectivity index (χ1v) is 9.28. The van der Waals surface area contributed by atoms with Gasteiger partial charge in [0.1, 0.15) is 17.4 Å². The summed E-state index contributed by atoms with van der Waals surface area (Å²) in [7, 11) is 0. The highest BCUT2D eigenvalue weighted by molar-refractivity contribution is 7.10. The minimum Gasteiger partial charge on any atom is -0.476 e. The highest BCUT2D eigenvalue weighted by atomic mass is 32.1. The van der Waals surface area contributed by atoms with E-state index in [9.17, 15) is 18.0 Å². The predicted molar refractivity (Wildman–Crippen MR) is 104 cm³/mol. The van der Waals surface area contributed by atoms with Crippen LogP contribution in [0.4, 0.5) is 29.7 Å². The zero-order chi connectivity index (χ0) is 21.7. The minimum absolute atomic E-state index is 0.0452. The molecule has 0 saturated heterocycles. The Bertz CT molecular complexity index is 1010. The number of carbonyl (C=O) groups is 1. The Hall–Kier alpha value is -3.32. The van der Waals surface area contributed by atoms with Crippen LogP contribution >= 0.6 is 11.5 Å². The van der Waals surface area contributed by atoms with Crippen molar-refractivity contribution in [2.24, 2.45) is 5.73 Å². The fourth-order valence-electron chi connectivity index (χ4n) is 2.27. The van der Waals surface area contributed by atoms with Crippen LogP contribution in [0.15, 0.2) is 30.7 Å². The Kier molecular flexibility index (Phi) is 6.42. The molecule has 0 bridgehead atoms. The van der Waals surface area contributed by atoms with E-state index in [2.05, 4.69) is 30.0 Å². The normalized spacial score (nSPS) is 11.2. The highest BCUT2D eigenvalue weighted by Gasteiger charge is 2.32. The summed E-state index contributed by atoms with van der Waals surface area (Å²) < 4.78 is 47.2. The number of nitrogens with one attached hydrogen (secondary N) is 2. The molecule has 30 heavy (non-hydrogen) atoms. The SMILES string of the molecule is Cc1nsc(Nc2cnc(C(F)(F)F)cn2)c1C(=O)Nc1ccc(OCCN)nc1. The van der Waals surface area contributed by atoms with Crippen molar-refractivity contribution in [3.05, 3.63) is 47.7 Å². The van der Waals surface area contributed by atoms with E-state index in [1.165, 1.54) is 6.20 Å². The zero-order valence-electron chi connectivity index (χ0n) is 15.5. The number of carbonyl (C=O) groups excluding carboxylic acids is 1. The molecule has 13 heteroatoms. The van der Waals surface area contributed by atoms with Gasteiger partial charge in [-0.2, -0.15) is 17.5 Å². The number of pyridine rings is 1. The van der Waals surface area contributed by atoms with E-state index in [4.69, 9.17) is 10.5 Å². The number of aryl methyl sites for hydroxylation is 1. The van der Waals surface area contributed by atoms with Gasteiger partial charge in [0.15, 0.2) is 5.69 Å². The lowest BCUT2D eigenvalue weighted by molar-refractivity contribution is -0.141. The summed E-state index contributed by atoms with van der Waals surface area (Å²) in [6.07, 6.45) is -1.62. The van der Waals surface area contributed by atoms with Crippen molar-refractivity contribution < 1.29 is 22.7 Å². The van der Waals surface area contributed by atoms with Crippen LogP contribution in [0.1, 0.15) is 21.7 Å². The first kappa shape index (κ1) is 21.4. The summed E-state index contributed by atoms with van der Waals surface area (Å²) in [6, 6.07) is 3.20. The fraction of sp³-hybridized carbons (Fsp3) is 0.235. The first-order valence-electron chi connectivity index (χ1n) is 8.50. The van der Waals surface area contributed by atoms with Crippen LogP contribution in [0.3, 0.4) is 0 Å². The molecule has 158 valence electrons. The first-order chi connectivity index (χ1) is 14.3. The highest BCUT2D eigenvalue weighted by Crippen LogP contribution is 2.30. The summed E-state index contributed by atoms with van der Waals surface area (Å²) >= 11 is 0.972. The molecule has 0 radical (unpaired) electrons. The topological polar surface area (TPSA) is 128 Å². The molecule has 0 saturated carbocycles. The molecule has 3 heterocycles. The third-order valence-electron chi connectivity index (χ3n) is 3.64. The number of alkyl halides is 3. The monoisotopic (exact) mass is 439 g/mol. The number of ether oxygens (including phenoxy) is 1. The number of rotatable bonds is 7. The van der Waals surface area contributed by atoms with Crippen molar-refractivity contribution in [3.8, 4) is 5.88 Å². The number of aromatic nitrogens is 4. The molecule has 3 rings (SSSR count). The van der Waals surface area contributed by atoms with Gasteiger partial charge in [0.25, 0.3) is 5.91 Å². The standard InChI is InChI=1S/C17H16F3N7O2S/c1-9-14(15(28)25-10-2-3-13(24-6-10)29-5-4-21)16(30-27-9)26-12-8-22-11(7-23-12)17(18,19)20/h2-3,6-8H,4-5,21H2,1H3,(H,23,26)(H,25,28). The van der Waals surface area contributed by atoms with Gasteiger partial charge < -0.3 is 21.1 Å². The maximum Gasteiger partial charge on any atom is 0.434 e. The average Bonchev–Trinajstić information content (AvgIpc) is 3.07. The summed E-state index contributed by atoms with van der Waals surface area (Å²) in [4.78, 5) is 23.8. The van der Waals surface area contributed by atoms with Crippen molar-refractivity contribution in [1.29, 1.82) is 0 Å². The molecule has 3 aromatic heterocycles. The van der Waals surface area contributed by atoms with E-state index in [0.717, 1.165) is 17.7 Å². The number of hydrogen-bond donors (Lipinski definition) is 3. The summed E-state index contributed by atoms with van der Waals surface area (Å²) in [5.74, 6) is -0.0557. The quantitative estimate of drug-likeness (QED) is 0.513. The summed E-state index contributed by atoms with van der Waals surface area (Å²) in [5.41, 5.74) is 5.33. The zero-order valence-corrected chi connectivity index (χ0v) is 16.3. The second kappa shape index (κ2) is 9.00. The molecular weight excluding hydrogens is 423 g/mol. The van der Waals surface area contributed by atoms with Gasteiger partial charge in [-0.25, -0.2) is 15.0 Å². The molecule has 0 fully saturated rings. The lowest BCUT2D eigenvalue weighted by Crippen LogP contribution is -2.15. The number of hydrogen-bond acceptors (Lipinski definition) is 9. The molecule has 1 amide bonds. The van der Waals surface area contributed by atoms with Crippen LogP contribution in [-0.2, 0) is 6.18 Å². The van der Waals surface area contributed by atoms with Gasteiger partial charge >= 0.3 is 6.18 Å². The predicted octanol–water partition coefficient (Wildman–Crippen LogP) is 2.99. The molecule has 3 aromatic rings. The van der Waals surface area contributed by atoms with Crippen molar-refractivity contribution in [3.63, 3.8) is 0 Å². The summed E-state index contributed by atoms with van der Waals surface area (Å²) in [5, 5.41) is 5.78. The largest absolute Gasteiger partial charge is 0.476 e. The van der Waals surface area contributed by atoms with Crippen LogP contribution in [0.5, 0.6) is 5.88 Å². The van der Waals surface area contributed by atoms with Gasteiger partial charge in [-0.15, -0.1) is 0 Å². The Morgan fingerprint density at radius 3 is 2.60 bits per heavy atom. The van der Waals surface area contributed by atoms with Gasteiger partial charge in [0, 0.05) is 12.6 Å². The van der Waals surface area contributed by atoms with Crippen LogP contribution in [0.2, 0.25) is 0 Å². The number of nitrogens with zero attached hydrogens (tertiary/aromatic N) is 4. The fourth-order valence-corrected chi connectivity index (χ4v) is 3.08. The van der Waals surface area contributed by atoms with Crippen LogP contribution in [0.25, 0.3) is 0 Å². The van der Waals surface area contributed by atoms with Crippen LogP contribution in [-0.4, -0.2) is 38.4 Å². The number of halogens is 3.